The zero-order valence-electron chi connectivity index (χ0n) is 26.7. The molecule has 0 spiro atoms. The molecule has 0 N–H and O–H groups in total. The van der Waals surface area contributed by atoms with Crippen molar-refractivity contribution in [2.45, 2.75) is 0 Å². The monoisotopic (exact) mass is 534 g/mol. The van der Waals surface area contributed by atoms with E-state index in [9.17, 15) is 5.48 Å². The Morgan fingerprint density at radius 3 is 1.67 bits per heavy atom. The summed E-state index contributed by atoms with van der Waals surface area (Å²) in [5, 5.41) is 13.0. The van der Waals surface area contributed by atoms with E-state index in [4.69, 9.17) is 0 Å². The molecule has 0 aliphatic heterocycles. The summed E-state index contributed by atoms with van der Waals surface area (Å²) in [6, 6.07) is 45.3. The molecule has 42 heavy (non-hydrogen) atoms. The van der Waals surface area contributed by atoms with Gasteiger partial charge in [0.15, 0.2) is 0 Å². The minimum absolute atomic E-state index is 0.0368. The van der Waals surface area contributed by atoms with Crippen LogP contribution in [-0.4, -0.2) is 0 Å². The molecule has 0 aliphatic rings. The van der Waals surface area contributed by atoms with Crippen molar-refractivity contribution in [3.8, 4) is 22.3 Å². The highest BCUT2D eigenvalue weighted by molar-refractivity contribution is 6.23. The van der Waals surface area contributed by atoms with E-state index >= 15 is 0 Å². The highest BCUT2D eigenvalue weighted by Gasteiger charge is 2.12. The third kappa shape index (κ3) is 3.56. The van der Waals surface area contributed by atoms with E-state index in [0.29, 0.717) is 22.3 Å². The summed E-state index contributed by atoms with van der Waals surface area (Å²) in [6.07, 6.45) is 0. The van der Waals surface area contributed by atoms with Gasteiger partial charge in [-0.3, -0.25) is 0 Å². The van der Waals surface area contributed by atoms with Gasteiger partial charge in [-0.05, 0) is 111 Å². The Kier molecular flexibility index (Phi) is 4.21. The van der Waals surface area contributed by atoms with Crippen LogP contribution in [0, 0.1) is 0 Å². The molecule has 0 saturated carbocycles. The molecule has 0 radical (unpaired) electrons. The fraction of sp³-hybridized carbons (Fsp3) is 0. The molecular formula is C42H26. The van der Waals surface area contributed by atoms with Crippen LogP contribution in [-0.2, 0) is 0 Å². The molecule has 0 fully saturated rings. The molecule has 9 aromatic rings. The largest absolute Gasteiger partial charge is 0.0629 e. The maximum absolute atomic E-state index is 9.27. The third-order valence-electron chi connectivity index (χ3n) is 8.63. The second kappa shape index (κ2) is 9.03. The predicted molar refractivity (Wildman–Crippen MR) is 182 cm³/mol. The molecule has 0 heterocycles. The third-order valence-corrected chi connectivity index (χ3v) is 8.63. The Balaban J connectivity index is 1.29. The summed E-state index contributed by atoms with van der Waals surface area (Å²) in [5.74, 6) is 0. The second-order valence-corrected chi connectivity index (χ2v) is 11.0. The molecule has 0 heteroatoms. The molecule has 9 rings (SSSR count). The Bertz CT molecular complexity index is 2710. The molecular weight excluding hydrogens is 504 g/mol. The van der Waals surface area contributed by atoms with E-state index in [1.54, 1.807) is 0 Å². The molecule has 0 nitrogen and oxygen atoms in total. The molecule has 194 valence electrons. The Morgan fingerprint density at radius 2 is 0.857 bits per heavy atom. The molecule has 9 aromatic carbocycles. The maximum Gasteiger partial charge on any atom is 0.0629 e. The number of fused-ring (bicyclic) bond motifs is 9. The first-order valence-corrected chi connectivity index (χ1v) is 14.3. The van der Waals surface area contributed by atoms with E-state index in [2.05, 4.69) is 66.7 Å². The van der Waals surface area contributed by atoms with Crippen LogP contribution >= 0.6 is 0 Å². The minimum Gasteiger partial charge on any atom is -0.0616 e. The highest BCUT2D eigenvalue weighted by Crippen LogP contribution is 2.39. The lowest BCUT2D eigenvalue weighted by molar-refractivity contribution is 1.63. The molecule has 0 amide bonds. The first-order valence-electron chi connectivity index (χ1n) is 16.3. The molecule has 0 atom stereocenters. The topological polar surface area (TPSA) is 0 Å². The van der Waals surface area contributed by atoms with E-state index < -0.39 is 0 Å². The first kappa shape index (κ1) is 19.6. The summed E-state index contributed by atoms with van der Waals surface area (Å²) in [5.41, 5.74) is 2.02. The number of benzene rings is 9. The Labute approximate surface area is 249 Å². The average Bonchev–Trinajstić information content (AvgIpc) is 3.10. The fourth-order valence-electron chi connectivity index (χ4n) is 6.58. The second-order valence-electron chi connectivity index (χ2n) is 11.0. The van der Waals surface area contributed by atoms with Crippen LogP contribution in [0.2, 0.25) is 0 Å². The van der Waals surface area contributed by atoms with E-state index in [0.717, 1.165) is 59.2 Å². The molecule has 0 saturated heterocycles. The Hall–Kier alpha value is -5.46. The lowest BCUT2D eigenvalue weighted by atomic mass is 9.90. The standard InChI is InChI=1S/C42H26/c1-2-9-32-24-41-34(23-31(32)8-1)21-18-30-17-20-33(25-40(30)41)27-13-15-29(16-14-27)39-26-35-22-19-28-7-3-4-10-36(28)42(35)38-12-6-5-11-37(38)39/h1-26H/i13D,14D,15D,16D. The summed E-state index contributed by atoms with van der Waals surface area (Å²) in [7, 11) is 0. The van der Waals surface area contributed by atoms with Gasteiger partial charge in [0.2, 0.25) is 0 Å². The molecule has 0 bridgehead atoms. The minimum atomic E-state index is -0.0382. The van der Waals surface area contributed by atoms with E-state index in [1.165, 1.54) is 5.39 Å². The number of rotatable bonds is 2. The lowest BCUT2D eigenvalue weighted by Crippen LogP contribution is -1.87. The summed E-state index contributed by atoms with van der Waals surface area (Å²) >= 11 is 0. The fourth-order valence-corrected chi connectivity index (χ4v) is 6.58. The van der Waals surface area contributed by atoms with Crippen LogP contribution in [0.3, 0.4) is 0 Å². The Morgan fingerprint density at radius 1 is 0.310 bits per heavy atom. The van der Waals surface area contributed by atoms with Crippen molar-refractivity contribution in [2.75, 3.05) is 0 Å². The summed E-state index contributed by atoms with van der Waals surface area (Å²) in [4.78, 5) is 0. The summed E-state index contributed by atoms with van der Waals surface area (Å²) < 4.78 is 37.0. The van der Waals surface area contributed by atoms with Crippen LogP contribution in [0.25, 0.3) is 86.9 Å². The van der Waals surface area contributed by atoms with E-state index in [1.807, 2.05) is 66.7 Å². The van der Waals surface area contributed by atoms with Crippen LogP contribution in [0.1, 0.15) is 5.48 Å². The van der Waals surface area contributed by atoms with Crippen LogP contribution < -0.4 is 0 Å². The van der Waals surface area contributed by atoms with Gasteiger partial charge in [-0.2, -0.15) is 0 Å². The van der Waals surface area contributed by atoms with Gasteiger partial charge >= 0.3 is 0 Å². The van der Waals surface area contributed by atoms with Gasteiger partial charge in [0, 0.05) is 0 Å². The zero-order chi connectivity index (χ0) is 31.1. The van der Waals surface area contributed by atoms with Crippen molar-refractivity contribution in [3.63, 3.8) is 0 Å². The van der Waals surface area contributed by atoms with Crippen LogP contribution in [0.4, 0.5) is 0 Å². The van der Waals surface area contributed by atoms with Crippen molar-refractivity contribution >= 4 is 64.6 Å². The van der Waals surface area contributed by atoms with Gasteiger partial charge in [0.1, 0.15) is 0 Å². The van der Waals surface area contributed by atoms with Crippen molar-refractivity contribution in [1.29, 1.82) is 0 Å². The van der Waals surface area contributed by atoms with Gasteiger partial charge in [-0.15, -0.1) is 0 Å². The van der Waals surface area contributed by atoms with Gasteiger partial charge in [0.05, 0.1) is 5.48 Å². The smallest absolute Gasteiger partial charge is 0.0616 e. The normalized spacial score (nSPS) is 13.1. The van der Waals surface area contributed by atoms with Crippen molar-refractivity contribution in [1.82, 2.24) is 0 Å². The van der Waals surface area contributed by atoms with Crippen LogP contribution in [0.15, 0.2) is 158 Å². The highest BCUT2D eigenvalue weighted by atomic mass is 14.2. The molecule has 0 aromatic heterocycles. The molecule has 0 aliphatic carbocycles. The van der Waals surface area contributed by atoms with Gasteiger partial charge in [0.25, 0.3) is 0 Å². The zero-order valence-corrected chi connectivity index (χ0v) is 22.7. The van der Waals surface area contributed by atoms with E-state index in [-0.39, 0.29) is 24.2 Å². The molecule has 0 unspecified atom stereocenters. The number of hydrogen-bond acceptors (Lipinski definition) is 0. The van der Waals surface area contributed by atoms with Crippen molar-refractivity contribution in [3.05, 3.63) is 158 Å². The lowest BCUT2D eigenvalue weighted by Gasteiger charge is -2.14. The quantitative estimate of drug-likeness (QED) is 0.153. The van der Waals surface area contributed by atoms with Gasteiger partial charge in [-0.1, -0.05) is 133 Å². The van der Waals surface area contributed by atoms with Crippen molar-refractivity contribution < 1.29 is 5.48 Å². The van der Waals surface area contributed by atoms with Gasteiger partial charge in [-0.25, -0.2) is 0 Å². The van der Waals surface area contributed by atoms with Crippen LogP contribution in [0.5, 0.6) is 0 Å². The van der Waals surface area contributed by atoms with Crippen molar-refractivity contribution in [2.24, 2.45) is 0 Å². The number of hydrogen-bond donors (Lipinski definition) is 0. The summed E-state index contributed by atoms with van der Waals surface area (Å²) in [6.45, 7) is 0. The maximum atomic E-state index is 9.27. The first-order chi connectivity index (χ1) is 22.5. The SMILES string of the molecule is [2H]c1c([2H])c(-c2cc3ccc4ccccc4c3c3ccccc23)c([2H])c([2H])c1-c1ccc2ccc3cc4ccccc4cc3c2c1. The average molecular weight is 535 g/mol. The van der Waals surface area contributed by atoms with Gasteiger partial charge < -0.3 is 0 Å². The predicted octanol–water partition coefficient (Wildman–Crippen LogP) is 11.9.